The summed E-state index contributed by atoms with van der Waals surface area (Å²) in [5, 5.41) is 3.56. The van der Waals surface area contributed by atoms with Crippen LogP contribution in [0.25, 0.3) is 0 Å². The number of ether oxygens (including phenoxy) is 1. The van der Waals surface area contributed by atoms with Gasteiger partial charge >= 0.3 is 0 Å². The molecular formula is C16H23NO. The highest BCUT2D eigenvalue weighted by atomic mass is 16.5. The van der Waals surface area contributed by atoms with E-state index >= 15 is 0 Å². The van der Waals surface area contributed by atoms with Crippen molar-refractivity contribution in [3.05, 3.63) is 42.0 Å². The summed E-state index contributed by atoms with van der Waals surface area (Å²) in [5.41, 5.74) is 1.92. The van der Waals surface area contributed by atoms with Crippen LogP contribution >= 0.6 is 0 Å². The second-order valence-electron chi connectivity index (χ2n) is 5.70. The monoisotopic (exact) mass is 245 g/mol. The number of hydrogen-bond donors (Lipinski definition) is 1. The van der Waals surface area contributed by atoms with Gasteiger partial charge < -0.3 is 10.1 Å². The molecule has 1 unspecified atom stereocenters. The summed E-state index contributed by atoms with van der Waals surface area (Å²) >= 11 is 0. The molecule has 2 heteroatoms. The highest BCUT2D eigenvalue weighted by molar-refractivity contribution is 5.64. The summed E-state index contributed by atoms with van der Waals surface area (Å²) < 4.78 is 6.24. The molecule has 2 rings (SSSR count). The maximum Gasteiger partial charge on any atom is 0.167 e. The van der Waals surface area contributed by atoms with E-state index < -0.39 is 5.72 Å². The lowest BCUT2D eigenvalue weighted by molar-refractivity contribution is -0.0635. The second-order valence-corrected chi connectivity index (χ2v) is 5.70. The van der Waals surface area contributed by atoms with Gasteiger partial charge in [0.25, 0.3) is 0 Å². The molecule has 0 aliphatic carbocycles. The number of nitrogens with one attached hydrogen (secondary N) is 1. The van der Waals surface area contributed by atoms with Crippen LogP contribution in [0.15, 0.2) is 36.4 Å². The van der Waals surface area contributed by atoms with Crippen LogP contribution in [0.2, 0.25) is 0 Å². The zero-order chi connectivity index (χ0) is 13.4. The van der Waals surface area contributed by atoms with E-state index in [2.05, 4.69) is 69.4 Å². The van der Waals surface area contributed by atoms with Crippen molar-refractivity contribution >= 4 is 5.69 Å². The Labute approximate surface area is 110 Å². The van der Waals surface area contributed by atoms with E-state index in [0.29, 0.717) is 0 Å². The Morgan fingerprint density at radius 3 is 2.44 bits per heavy atom. The molecule has 1 aliphatic rings. The molecule has 2 nitrogen and oxygen atoms in total. The molecule has 1 atom stereocenters. The SMILES string of the molecule is CC=CC1(OC(C)C)Nc2ccccc2C1(C)C. The van der Waals surface area contributed by atoms with Crippen LogP contribution in [-0.4, -0.2) is 11.8 Å². The second kappa shape index (κ2) is 4.43. The van der Waals surface area contributed by atoms with E-state index in [9.17, 15) is 0 Å². The van der Waals surface area contributed by atoms with E-state index in [1.54, 1.807) is 0 Å². The molecule has 1 aliphatic heterocycles. The van der Waals surface area contributed by atoms with Gasteiger partial charge in [-0.1, -0.05) is 38.1 Å². The Bertz CT molecular complexity index is 462. The van der Waals surface area contributed by atoms with Crippen LogP contribution in [0.1, 0.15) is 40.2 Å². The van der Waals surface area contributed by atoms with Crippen molar-refractivity contribution in [1.82, 2.24) is 0 Å². The molecule has 0 spiro atoms. The lowest BCUT2D eigenvalue weighted by Crippen LogP contribution is -2.51. The fraction of sp³-hybridized carbons (Fsp3) is 0.500. The van der Waals surface area contributed by atoms with E-state index in [4.69, 9.17) is 4.74 Å². The first-order chi connectivity index (χ1) is 8.43. The molecule has 0 saturated carbocycles. The molecule has 1 aromatic carbocycles. The lowest BCUT2D eigenvalue weighted by atomic mass is 9.77. The molecule has 0 radical (unpaired) electrons. The maximum atomic E-state index is 6.24. The van der Waals surface area contributed by atoms with Crippen molar-refractivity contribution in [2.45, 2.75) is 51.9 Å². The average Bonchev–Trinajstić information content (AvgIpc) is 2.48. The predicted octanol–water partition coefficient (Wildman–Crippen LogP) is 4.09. The predicted molar refractivity (Wildman–Crippen MR) is 76.9 cm³/mol. The largest absolute Gasteiger partial charge is 0.353 e. The third-order valence-corrected chi connectivity index (χ3v) is 3.67. The smallest absolute Gasteiger partial charge is 0.167 e. The van der Waals surface area contributed by atoms with Gasteiger partial charge in [-0.15, -0.1) is 0 Å². The van der Waals surface area contributed by atoms with Gasteiger partial charge in [0.05, 0.1) is 6.10 Å². The molecule has 0 fully saturated rings. The molecule has 0 amide bonds. The molecule has 0 aromatic heterocycles. The van der Waals surface area contributed by atoms with Crippen LogP contribution in [0.3, 0.4) is 0 Å². The van der Waals surface area contributed by atoms with Crippen LogP contribution in [0, 0.1) is 0 Å². The standard InChI is InChI=1S/C16H23NO/c1-6-11-16(18-12(2)3)15(4,5)13-9-7-8-10-14(13)17-16/h6-12,17H,1-5H3. The Kier molecular flexibility index (Phi) is 3.24. The van der Waals surface area contributed by atoms with Crippen LogP contribution in [0.5, 0.6) is 0 Å². The normalized spacial score (nSPS) is 25.4. The van der Waals surface area contributed by atoms with Gasteiger partial charge in [-0.2, -0.15) is 0 Å². The number of anilines is 1. The van der Waals surface area contributed by atoms with Crippen molar-refractivity contribution in [1.29, 1.82) is 0 Å². The minimum absolute atomic E-state index is 0.0969. The number of benzene rings is 1. The Morgan fingerprint density at radius 2 is 1.89 bits per heavy atom. The summed E-state index contributed by atoms with van der Waals surface area (Å²) in [4.78, 5) is 0. The molecule has 1 N–H and O–H groups in total. The third kappa shape index (κ3) is 1.85. The molecule has 1 heterocycles. The minimum Gasteiger partial charge on any atom is -0.353 e. The van der Waals surface area contributed by atoms with Gasteiger partial charge in [0.1, 0.15) is 0 Å². The zero-order valence-electron chi connectivity index (χ0n) is 11.9. The van der Waals surface area contributed by atoms with Gasteiger partial charge in [-0.3, -0.25) is 0 Å². The minimum atomic E-state index is -0.459. The van der Waals surface area contributed by atoms with Crippen LogP contribution in [-0.2, 0) is 10.2 Å². The Morgan fingerprint density at radius 1 is 1.22 bits per heavy atom. The quantitative estimate of drug-likeness (QED) is 0.810. The molecule has 98 valence electrons. The van der Waals surface area contributed by atoms with E-state index in [1.807, 2.05) is 6.92 Å². The average molecular weight is 245 g/mol. The maximum absolute atomic E-state index is 6.24. The van der Waals surface area contributed by atoms with Crippen LogP contribution < -0.4 is 5.32 Å². The summed E-state index contributed by atoms with van der Waals surface area (Å²) in [6.07, 6.45) is 4.36. The lowest BCUT2D eigenvalue weighted by Gasteiger charge is -2.40. The first-order valence-electron chi connectivity index (χ1n) is 6.62. The summed E-state index contributed by atoms with van der Waals surface area (Å²) in [6.45, 7) is 10.6. The summed E-state index contributed by atoms with van der Waals surface area (Å²) in [5.74, 6) is 0. The molecule has 0 saturated heterocycles. The van der Waals surface area contributed by atoms with Crippen LogP contribution in [0.4, 0.5) is 5.69 Å². The zero-order valence-corrected chi connectivity index (χ0v) is 11.9. The topological polar surface area (TPSA) is 21.3 Å². The molecule has 18 heavy (non-hydrogen) atoms. The number of hydrogen-bond acceptors (Lipinski definition) is 2. The van der Waals surface area contributed by atoms with Crippen molar-refractivity contribution < 1.29 is 4.74 Å². The number of rotatable bonds is 3. The van der Waals surface area contributed by atoms with Gasteiger partial charge in [0, 0.05) is 11.1 Å². The van der Waals surface area contributed by atoms with E-state index in [0.717, 1.165) is 0 Å². The van der Waals surface area contributed by atoms with E-state index in [1.165, 1.54) is 11.3 Å². The fourth-order valence-electron chi connectivity index (χ4n) is 2.77. The van der Waals surface area contributed by atoms with Crippen molar-refractivity contribution in [3.8, 4) is 0 Å². The molecule has 0 bridgehead atoms. The first-order valence-corrected chi connectivity index (χ1v) is 6.62. The highest BCUT2D eigenvalue weighted by Gasteiger charge is 2.51. The molecular weight excluding hydrogens is 222 g/mol. The van der Waals surface area contributed by atoms with Crippen molar-refractivity contribution in [3.63, 3.8) is 0 Å². The van der Waals surface area contributed by atoms with Gasteiger partial charge in [-0.25, -0.2) is 0 Å². The Hall–Kier alpha value is -1.28. The highest BCUT2D eigenvalue weighted by Crippen LogP contribution is 2.49. The third-order valence-electron chi connectivity index (χ3n) is 3.67. The fourth-order valence-corrected chi connectivity index (χ4v) is 2.77. The van der Waals surface area contributed by atoms with Gasteiger partial charge in [-0.05, 0) is 38.5 Å². The first kappa shape index (κ1) is 13.2. The molecule has 1 aromatic rings. The number of allylic oxidation sites excluding steroid dienone is 1. The van der Waals surface area contributed by atoms with Crippen molar-refractivity contribution in [2.75, 3.05) is 5.32 Å². The van der Waals surface area contributed by atoms with Crippen molar-refractivity contribution in [2.24, 2.45) is 0 Å². The number of para-hydroxylation sites is 1. The van der Waals surface area contributed by atoms with Gasteiger partial charge in [0.2, 0.25) is 0 Å². The van der Waals surface area contributed by atoms with Gasteiger partial charge in [0.15, 0.2) is 5.72 Å². The summed E-state index contributed by atoms with van der Waals surface area (Å²) in [7, 11) is 0. The summed E-state index contributed by atoms with van der Waals surface area (Å²) in [6, 6.07) is 8.44. The Balaban J connectivity index is 2.52. The number of fused-ring (bicyclic) bond motifs is 1. The van der Waals surface area contributed by atoms with E-state index in [-0.39, 0.29) is 11.5 Å².